The van der Waals surface area contributed by atoms with Gasteiger partial charge in [-0.3, -0.25) is 4.79 Å². The van der Waals surface area contributed by atoms with Crippen LogP contribution in [-0.2, 0) is 10.2 Å². The standard InChI is InChI=1S/C15H24N2O/c1-5-16-11-10-14(18)17-13-8-6-12(7-9-13)15(2,3)4/h6-9,16H,5,10-11H2,1-4H3,(H,17,18). The molecule has 0 radical (unpaired) electrons. The summed E-state index contributed by atoms with van der Waals surface area (Å²) in [4.78, 5) is 11.6. The normalized spacial score (nSPS) is 11.3. The molecule has 0 heterocycles. The summed E-state index contributed by atoms with van der Waals surface area (Å²) >= 11 is 0. The fourth-order valence-corrected chi connectivity index (χ4v) is 1.66. The predicted molar refractivity (Wildman–Crippen MR) is 76.9 cm³/mol. The summed E-state index contributed by atoms with van der Waals surface area (Å²) in [5.74, 6) is 0.0551. The molecule has 0 spiro atoms. The number of rotatable bonds is 5. The lowest BCUT2D eigenvalue weighted by Gasteiger charge is -2.19. The van der Waals surface area contributed by atoms with E-state index in [4.69, 9.17) is 0 Å². The van der Waals surface area contributed by atoms with E-state index >= 15 is 0 Å². The van der Waals surface area contributed by atoms with Crippen molar-refractivity contribution in [2.75, 3.05) is 18.4 Å². The molecule has 0 aliphatic rings. The Morgan fingerprint density at radius 2 is 1.78 bits per heavy atom. The van der Waals surface area contributed by atoms with E-state index in [1.54, 1.807) is 0 Å². The molecule has 1 rings (SSSR count). The summed E-state index contributed by atoms with van der Waals surface area (Å²) in [6.45, 7) is 10.2. The Balaban J connectivity index is 2.51. The zero-order chi connectivity index (χ0) is 13.6. The second-order valence-corrected chi connectivity index (χ2v) is 5.48. The van der Waals surface area contributed by atoms with Crippen LogP contribution in [0.1, 0.15) is 39.7 Å². The summed E-state index contributed by atoms with van der Waals surface area (Å²) in [5, 5.41) is 6.03. The molecule has 0 fully saturated rings. The Morgan fingerprint density at radius 1 is 1.17 bits per heavy atom. The van der Waals surface area contributed by atoms with Crippen LogP contribution in [0.2, 0.25) is 0 Å². The highest BCUT2D eigenvalue weighted by atomic mass is 16.1. The minimum absolute atomic E-state index is 0.0551. The van der Waals surface area contributed by atoms with Gasteiger partial charge in [0.05, 0.1) is 0 Å². The lowest BCUT2D eigenvalue weighted by atomic mass is 9.87. The Labute approximate surface area is 110 Å². The van der Waals surface area contributed by atoms with Gasteiger partial charge < -0.3 is 10.6 Å². The van der Waals surface area contributed by atoms with Crippen LogP contribution in [0.15, 0.2) is 24.3 Å². The largest absolute Gasteiger partial charge is 0.326 e. The zero-order valence-electron chi connectivity index (χ0n) is 11.8. The van der Waals surface area contributed by atoms with E-state index in [0.29, 0.717) is 6.42 Å². The lowest BCUT2D eigenvalue weighted by molar-refractivity contribution is -0.116. The molecule has 3 heteroatoms. The Kier molecular flexibility index (Phi) is 5.35. The first kappa shape index (κ1) is 14.7. The molecule has 2 N–H and O–H groups in total. The smallest absolute Gasteiger partial charge is 0.225 e. The maximum absolute atomic E-state index is 11.6. The Bertz CT molecular complexity index is 376. The molecule has 0 bridgehead atoms. The van der Waals surface area contributed by atoms with E-state index in [1.165, 1.54) is 5.56 Å². The van der Waals surface area contributed by atoms with Gasteiger partial charge in [0, 0.05) is 18.7 Å². The first-order valence-electron chi connectivity index (χ1n) is 6.54. The number of benzene rings is 1. The van der Waals surface area contributed by atoms with E-state index in [0.717, 1.165) is 18.8 Å². The number of anilines is 1. The van der Waals surface area contributed by atoms with E-state index in [-0.39, 0.29) is 11.3 Å². The van der Waals surface area contributed by atoms with Crippen LogP contribution in [0.4, 0.5) is 5.69 Å². The van der Waals surface area contributed by atoms with Crippen molar-refractivity contribution < 1.29 is 4.79 Å². The van der Waals surface area contributed by atoms with Gasteiger partial charge in [0.25, 0.3) is 0 Å². The first-order valence-corrected chi connectivity index (χ1v) is 6.54. The molecule has 0 aromatic heterocycles. The molecular formula is C15H24N2O. The summed E-state index contributed by atoms with van der Waals surface area (Å²) < 4.78 is 0. The molecule has 0 unspecified atom stereocenters. The molecule has 3 nitrogen and oxygen atoms in total. The second kappa shape index (κ2) is 6.55. The average molecular weight is 248 g/mol. The SMILES string of the molecule is CCNCCC(=O)Nc1ccc(C(C)(C)C)cc1. The monoisotopic (exact) mass is 248 g/mol. The summed E-state index contributed by atoms with van der Waals surface area (Å²) in [5.41, 5.74) is 2.28. The van der Waals surface area contributed by atoms with Gasteiger partial charge in [0.1, 0.15) is 0 Å². The van der Waals surface area contributed by atoms with Gasteiger partial charge in [-0.15, -0.1) is 0 Å². The molecule has 0 aliphatic heterocycles. The summed E-state index contributed by atoms with van der Waals surface area (Å²) in [6, 6.07) is 8.07. The third-order valence-electron chi connectivity index (χ3n) is 2.81. The predicted octanol–water partition coefficient (Wildman–Crippen LogP) is 2.92. The first-order chi connectivity index (χ1) is 8.43. The van der Waals surface area contributed by atoms with Crippen molar-refractivity contribution in [1.29, 1.82) is 0 Å². The maximum atomic E-state index is 11.6. The maximum Gasteiger partial charge on any atom is 0.225 e. The number of nitrogens with one attached hydrogen (secondary N) is 2. The van der Waals surface area contributed by atoms with Crippen molar-refractivity contribution >= 4 is 11.6 Å². The van der Waals surface area contributed by atoms with Crippen molar-refractivity contribution in [3.63, 3.8) is 0 Å². The summed E-state index contributed by atoms with van der Waals surface area (Å²) in [6.07, 6.45) is 0.509. The van der Waals surface area contributed by atoms with Gasteiger partial charge in [-0.25, -0.2) is 0 Å². The molecule has 1 amide bonds. The highest BCUT2D eigenvalue weighted by molar-refractivity contribution is 5.90. The zero-order valence-corrected chi connectivity index (χ0v) is 11.8. The van der Waals surface area contributed by atoms with Gasteiger partial charge in [-0.1, -0.05) is 39.8 Å². The molecule has 0 atom stereocenters. The lowest BCUT2D eigenvalue weighted by Crippen LogP contribution is -2.21. The highest BCUT2D eigenvalue weighted by Gasteiger charge is 2.13. The Hall–Kier alpha value is -1.35. The topological polar surface area (TPSA) is 41.1 Å². The van der Waals surface area contributed by atoms with Gasteiger partial charge in [0.15, 0.2) is 0 Å². The van der Waals surface area contributed by atoms with Crippen molar-refractivity contribution in [3.05, 3.63) is 29.8 Å². The van der Waals surface area contributed by atoms with Gasteiger partial charge >= 0.3 is 0 Å². The van der Waals surface area contributed by atoms with E-state index < -0.39 is 0 Å². The van der Waals surface area contributed by atoms with E-state index in [2.05, 4.69) is 43.5 Å². The van der Waals surface area contributed by atoms with Crippen molar-refractivity contribution in [3.8, 4) is 0 Å². The molecule has 1 aromatic carbocycles. The molecule has 0 saturated heterocycles. The third kappa shape index (κ3) is 4.88. The minimum Gasteiger partial charge on any atom is -0.326 e. The number of carbonyl (C=O) groups is 1. The van der Waals surface area contributed by atoms with Crippen LogP contribution in [0, 0.1) is 0 Å². The van der Waals surface area contributed by atoms with Crippen LogP contribution in [-0.4, -0.2) is 19.0 Å². The molecular weight excluding hydrogens is 224 g/mol. The number of hydrogen-bond acceptors (Lipinski definition) is 2. The van der Waals surface area contributed by atoms with Crippen LogP contribution < -0.4 is 10.6 Å². The quantitative estimate of drug-likeness (QED) is 0.787. The average Bonchev–Trinajstić information content (AvgIpc) is 2.29. The van der Waals surface area contributed by atoms with Crippen molar-refractivity contribution in [2.45, 2.75) is 39.5 Å². The van der Waals surface area contributed by atoms with Crippen molar-refractivity contribution in [1.82, 2.24) is 5.32 Å². The molecule has 100 valence electrons. The fraction of sp³-hybridized carbons (Fsp3) is 0.533. The Morgan fingerprint density at radius 3 is 2.28 bits per heavy atom. The van der Waals surface area contributed by atoms with E-state index in [1.807, 2.05) is 19.1 Å². The molecule has 0 saturated carbocycles. The minimum atomic E-state index is 0.0551. The molecule has 1 aromatic rings. The van der Waals surface area contributed by atoms with E-state index in [9.17, 15) is 4.79 Å². The van der Waals surface area contributed by atoms with Crippen LogP contribution in [0.25, 0.3) is 0 Å². The third-order valence-corrected chi connectivity index (χ3v) is 2.81. The number of hydrogen-bond donors (Lipinski definition) is 2. The van der Waals surface area contributed by atoms with Gasteiger partial charge in [0.2, 0.25) is 5.91 Å². The van der Waals surface area contributed by atoms with Gasteiger partial charge in [-0.05, 0) is 29.7 Å². The number of carbonyl (C=O) groups excluding carboxylic acids is 1. The summed E-state index contributed by atoms with van der Waals surface area (Å²) in [7, 11) is 0. The van der Waals surface area contributed by atoms with Crippen molar-refractivity contribution in [2.24, 2.45) is 0 Å². The fourth-order valence-electron chi connectivity index (χ4n) is 1.66. The second-order valence-electron chi connectivity index (χ2n) is 5.48. The van der Waals surface area contributed by atoms with Gasteiger partial charge in [-0.2, -0.15) is 0 Å². The van der Waals surface area contributed by atoms with Crippen LogP contribution >= 0.6 is 0 Å². The van der Waals surface area contributed by atoms with Crippen LogP contribution in [0.5, 0.6) is 0 Å². The highest BCUT2D eigenvalue weighted by Crippen LogP contribution is 2.23. The van der Waals surface area contributed by atoms with Crippen LogP contribution in [0.3, 0.4) is 0 Å². The molecule has 18 heavy (non-hydrogen) atoms. The number of amides is 1. The molecule has 0 aliphatic carbocycles.